The summed E-state index contributed by atoms with van der Waals surface area (Å²) < 4.78 is 4.98. The summed E-state index contributed by atoms with van der Waals surface area (Å²) >= 11 is 0. The number of allylic oxidation sites excluding steroid dienone is 2. The van der Waals surface area contributed by atoms with Crippen molar-refractivity contribution in [3.05, 3.63) is 71.3 Å². The van der Waals surface area contributed by atoms with Gasteiger partial charge >= 0.3 is 0 Å². The van der Waals surface area contributed by atoms with E-state index >= 15 is 0 Å². The Kier molecular flexibility index (Phi) is 4.86. The molecular weight excluding hydrogens is 340 g/mol. The summed E-state index contributed by atoms with van der Waals surface area (Å²) in [5.41, 5.74) is 3.74. The van der Waals surface area contributed by atoms with Gasteiger partial charge in [-0.3, -0.25) is 4.79 Å². The Morgan fingerprint density at radius 3 is 2.93 bits per heavy atom. The minimum Gasteiger partial charge on any atom is -0.508 e. The number of phenols is 1. The third kappa shape index (κ3) is 3.30. The highest BCUT2D eigenvalue weighted by molar-refractivity contribution is 5.95. The number of rotatable bonds is 5. The van der Waals surface area contributed by atoms with E-state index in [4.69, 9.17) is 4.74 Å². The van der Waals surface area contributed by atoms with Gasteiger partial charge in [-0.1, -0.05) is 30.4 Å². The highest BCUT2D eigenvalue weighted by Crippen LogP contribution is 2.51. The summed E-state index contributed by atoms with van der Waals surface area (Å²) in [6.07, 6.45) is 5.37. The Balaban J connectivity index is 1.64. The first kappa shape index (κ1) is 17.6. The van der Waals surface area contributed by atoms with Gasteiger partial charge in [-0.05, 0) is 42.2 Å². The van der Waals surface area contributed by atoms with Crippen LogP contribution in [0.1, 0.15) is 39.9 Å². The molecule has 4 rings (SSSR count). The van der Waals surface area contributed by atoms with E-state index in [1.807, 2.05) is 36.4 Å². The number of hydrogen-bond donors (Lipinski definition) is 3. The first-order valence-electron chi connectivity index (χ1n) is 9.31. The molecule has 0 saturated heterocycles. The van der Waals surface area contributed by atoms with Crippen LogP contribution in [0.3, 0.4) is 0 Å². The van der Waals surface area contributed by atoms with E-state index in [9.17, 15) is 9.90 Å². The van der Waals surface area contributed by atoms with E-state index in [1.165, 1.54) is 0 Å². The third-order valence-electron chi connectivity index (χ3n) is 5.49. The van der Waals surface area contributed by atoms with E-state index < -0.39 is 0 Å². The molecule has 0 bridgehead atoms. The largest absolute Gasteiger partial charge is 0.508 e. The van der Waals surface area contributed by atoms with Crippen LogP contribution in [0.15, 0.2) is 54.6 Å². The van der Waals surface area contributed by atoms with Crippen LogP contribution in [0.4, 0.5) is 5.69 Å². The van der Waals surface area contributed by atoms with Gasteiger partial charge in [-0.2, -0.15) is 0 Å². The van der Waals surface area contributed by atoms with Crippen molar-refractivity contribution >= 4 is 11.6 Å². The van der Waals surface area contributed by atoms with Gasteiger partial charge in [0.1, 0.15) is 5.75 Å². The number of carbonyl (C=O) groups is 1. The maximum Gasteiger partial charge on any atom is 0.251 e. The minimum atomic E-state index is -0.0868. The van der Waals surface area contributed by atoms with Gasteiger partial charge in [0.15, 0.2) is 0 Å². The molecule has 2 aromatic rings. The van der Waals surface area contributed by atoms with Crippen LogP contribution < -0.4 is 10.6 Å². The van der Waals surface area contributed by atoms with Gasteiger partial charge in [0, 0.05) is 36.4 Å². The lowest BCUT2D eigenvalue weighted by atomic mass is 9.76. The van der Waals surface area contributed by atoms with Crippen molar-refractivity contribution in [1.82, 2.24) is 5.32 Å². The lowest BCUT2D eigenvalue weighted by molar-refractivity contribution is 0.0937. The first-order valence-corrected chi connectivity index (χ1v) is 9.31. The number of phenolic OH excluding ortho intramolecular Hbond substituents is 1. The maximum atomic E-state index is 12.4. The molecule has 140 valence electrons. The van der Waals surface area contributed by atoms with E-state index in [0.717, 1.165) is 23.2 Å². The van der Waals surface area contributed by atoms with Gasteiger partial charge in [-0.25, -0.2) is 0 Å². The lowest BCUT2D eigenvalue weighted by Gasteiger charge is -2.37. The molecule has 2 aliphatic rings. The number of hydrogen-bond acceptors (Lipinski definition) is 4. The molecule has 3 N–H and O–H groups in total. The molecule has 0 aromatic heterocycles. The number of ether oxygens (including phenoxy) is 1. The quantitative estimate of drug-likeness (QED) is 0.560. The van der Waals surface area contributed by atoms with Crippen LogP contribution in [0.2, 0.25) is 0 Å². The molecule has 27 heavy (non-hydrogen) atoms. The van der Waals surface area contributed by atoms with Crippen molar-refractivity contribution in [2.75, 3.05) is 25.6 Å². The monoisotopic (exact) mass is 364 g/mol. The fraction of sp³-hybridized carbons (Fsp3) is 0.318. The van der Waals surface area contributed by atoms with Gasteiger partial charge in [0.2, 0.25) is 0 Å². The van der Waals surface area contributed by atoms with Crippen molar-refractivity contribution in [2.24, 2.45) is 5.92 Å². The average Bonchev–Trinajstić information content (AvgIpc) is 3.18. The number of para-hydroxylation sites is 1. The third-order valence-corrected chi connectivity index (χ3v) is 5.49. The number of carbonyl (C=O) groups excluding carboxylic acids is 1. The van der Waals surface area contributed by atoms with E-state index in [-0.39, 0.29) is 17.9 Å². The molecule has 0 fully saturated rings. The normalized spacial score (nSPS) is 22.6. The highest BCUT2D eigenvalue weighted by atomic mass is 16.5. The summed E-state index contributed by atoms with van der Waals surface area (Å²) in [4.78, 5) is 12.4. The van der Waals surface area contributed by atoms with Crippen LogP contribution >= 0.6 is 0 Å². The van der Waals surface area contributed by atoms with Crippen molar-refractivity contribution in [1.29, 1.82) is 0 Å². The van der Waals surface area contributed by atoms with Crippen LogP contribution in [0.25, 0.3) is 0 Å². The summed E-state index contributed by atoms with van der Waals surface area (Å²) in [5.74, 6) is 0.782. The van der Waals surface area contributed by atoms with Crippen LogP contribution in [0, 0.1) is 5.92 Å². The number of methoxy groups -OCH3 is 1. The standard InChI is InChI=1S/C22H24N2O3/c1-27-12-11-23-22(26)14-9-10-19-18(13-14)15-6-4-7-16(15)21(24-19)17-5-2-3-8-20(17)25/h2-6,8-10,13,15-16,21,24-25H,7,11-12H2,1H3,(H,23,26). The molecule has 1 heterocycles. The fourth-order valence-corrected chi connectivity index (χ4v) is 4.16. The van der Waals surface area contributed by atoms with Gasteiger partial charge in [0.05, 0.1) is 12.6 Å². The zero-order valence-electron chi connectivity index (χ0n) is 15.3. The second-order valence-corrected chi connectivity index (χ2v) is 7.09. The van der Waals surface area contributed by atoms with E-state index in [0.29, 0.717) is 30.4 Å². The van der Waals surface area contributed by atoms with Crippen molar-refractivity contribution in [2.45, 2.75) is 18.4 Å². The zero-order valence-corrected chi connectivity index (χ0v) is 15.3. The second kappa shape index (κ2) is 7.45. The maximum absolute atomic E-state index is 12.4. The van der Waals surface area contributed by atoms with Gasteiger partial charge < -0.3 is 20.5 Å². The van der Waals surface area contributed by atoms with Crippen molar-refractivity contribution in [3.63, 3.8) is 0 Å². The van der Waals surface area contributed by atoms with Crippen LogP contribution in [-0.4, -0.2) is 31.3 Å². The number of benzene rings is 2. The Hall–Kier alpha value is -2.79. The Morgan fingerprint density at radius 1 is 1.26 bits per heavy atom. The number of fused-ring (bicyclic) bond motifs is 3. The summed E-state index contributed by atoms with van der Waals surface area (Å²) in [6, 6.07) is 13.3. The summed E-state index contributed by atoms with van der Waals surface area (Å²) in [6.45, 7) is 0.986. The molecule has 0 saturated carbocycles. The molecule has 1 aliphatic carbocycles. The Bertz CT molecular complexity index is 878. The zero-order chi connectivity index (χ0) is 18.8. The number of aromatic hydroxyl groups is 1. The molecule has 1 aliphatic heterocycles. The molecule has 1 amide bonds. The SMILES string of the molecule is COCCNC(=O)c1ccc2c(c1)C1C=CCC1C(c1ccccc1O)N2. The summed E-state index contributed by atoms with van der Waals surface area (Å²) in [5, 5.41) is 16.8. The van der Waals surface area contributed by atoms with Gasteiger partial charge in [0.25, 0.3) is 5.91 Å². The molecule has 5 nitrogen and oxygen atoms in total. The first-order chi connectivity index (χ1) is 13.2. The van der Waals surface area contributed by atoms with Crippen molar-refractivity contribution in [3.8, 4) is 5.75 Å². The number of nitrogens with one attached hydrogen (secondary N) is 2. The molecule has 0 radical (unpaired) electrons. The number of anilines is 1. The molecular formula is C22H24N2O3. The lowest BCUT2D eigenvalue weighted by Crippen LogP contribution is -2.30. The second-order valence-electron chi connectivity index (χ2n) is 7.09. The Morgan fingerprint density at radius 2 is 2.11 bits per heavy atom. The van der Waals surface area contributed by atoms with E-state index in [2.05, 4.69) is 22.8 Å². The van der Waals surface area contributed by atoms with Gasteiger partial charge in [-0.15, -0.1) is 0 Å². The van der Waals surface area contributed by atoms with Crippen molar-refractivity contribution < 1.29 is 14.6 Å². The molecule has 3 unspecified atom stereocenters. The van der Waals surface area contributed by atoms with Crippen LogP contribution in [0.5, 0.6) is 5.75 Å². The van der Waals surface area contributed by atoms with E-state index in [1.54, 1.807) is 13.2 Å². The Labute approximate surface area is 159 Å². The molecule has 5 heteroatoms. The smallest absolute Gasteiger partial charge is 0.251 e. The molecule has 3 atom stereocenters. The highest BCUT2D eigenvalue weighted by Gasteiger charge is 2.38. The summed E-state index contributed by atoms with van der Waals surface area (Å²) in [7, 11) is 1.62. The fourth-order valence-electron chi connectivity index (χ4n) is 4.16. The number of amides is 1. The van der Waals surface area contributed by atoms with Crippen LogP contribution in [-0.2, 0) is 4.74 Å². The predicted octanol–water partition coefficient (Wildman–Crippen LogP) is 3.59. The minimum absolute atomic E-state index is 0.0417. The average molecular weight is 364 g/mol. The molecule has 0 spiro atoms. The molecule has 2 aromatic carbocycles. The topological polar surface area (TPSA) is 70.6 Å². The predicted molar refractivity (Wildman–Crippen MR) is 105 cm³/mol.